The number of carbonyl (C=O) groups is 1. The lowest BCUT2D eigenvalue weighted by molar-refractivity contribution is 0.102. The zero-order valence-electron chi connectivity index (χ0n) is 15.9. The van der Waals surface area contributed by atoms with Gasteiger partial charge in [-0.3, -0.25) is 4.79 Å². The first kappa shape index (κ1) is 21.2. The highest BCUT2D eigenvalue weighted by atomic mass is 35.5. The summed E-state index contributed by atoms with van der Waals surface area (Å²) in [4.78, 5) is 17.7. The molecule has 0 aliphatic heterocycles. The van der Waals surface area contributed by atoms with Crippen LogP contribution in [0.5, 0.6) is 17.2 Å². The minimum absolute atomic E-state index is 0.249. The Kier molecular flexibility index (Phi) is 6.84. The largest absolute Gasteiger partial charge is 0.495 e. The van der Waals surface area contributed by atoms with E-state index < -0.39 is 0 Å². The molecule has 1 aromatic heterocycles. The first-order valence-corrected chi connectivity index (χ1v) is 10.1. The molecule has 9 heteroatoms. The second-order valence-electron chi connectivity index (χ2n) is 5.91. The number of carbonyl (C=O) groups excluding carboxylic acids is 1. The molecule has 3 rings (SSSR count). The maximum Gasteiger partial charge on any atom is 0.267 e. The number of anilines is 1. The van der Waals surface area contributed by atoms with E-state index in [1.165, 1.54) is 25.6 Å². The van der Waals surface area contributed by atoms with E-state index in [-0.39, 0.29) is 12.5 Å². The number of hydrogen-bond acceptors (Lipinski definition) is 6. The van der Waals surface area contributed by atoms with Crippen molar-refractivity contribution in [1.82, 2.24) is 4.98 Å². The molecule has 0 radical (unpaired) electrons. The Bertz CT molecular complexity index is 1020. The molecule has 0 saturated heterocycles. The fourth-order valence-corrected chi connectivity index (χ4v) is 3.77. The molecule has 0 saturated carbocycles. The molecule has 1 N–H and O–H groups in total. The third-order valence-electron chi connectivity index (χ3n) is 3.95. The highest BCUT2D eigenvalue weighted by Crippen LogP contribution is 2.36. The van der Waals surface area contributed by atoms with E-state index in [0.29, 0.717) is 48.6 Å². The predicted octanol–water partition coefficient (Wildman–Crippen LogP) is 5.61. The van der Waals surface area contributed by atoms with Gasteiger partial charge in [-0.1, -0.05) is 23.2 Å². The SMILES string of the molecule is COc1cc(NC(=O)c2sc(COc3ccc(Cl)cc3)nc2C)c(OC)cc1Cl. The van der Waals surface area contributed by atoms with E-state index >= 15 is 0 Å². The molecule has 0 unspecified atom stereocenters. The zero-order valence-corrected chi connectivity index (χ0v) is 18.2. The first-order chi connectivity index (χ1) is 13.9. The average molecular weight is 453 g/mol. The lowest BCUT2D eigenvalue weighted by Crippen LogP contribution is -2.12. The number of aryl methyl sites for hydroxylation is 1. The summed E-state index contributed by atoms with van der Waals surface area (Å²) in [5.74, 6) is 1.23. The minimum atomic E-state index is -0.305. The van der Waals surface area contributed by atoms with Gasteiger partial charge in [0.05, 0.1) is 30.6 Å². The van der Waals surface area contributed by atoms with Gasteiger partial charge in [0.2, 0.25) is 0 Å². The van der Waals surface area contributed by atoms with Crippen LogP contribution >= 0.6 is 34.5 Å². The van der Waals surface area contributed by atoms with Crippen molar-refractivity contribution in [2.45, 2.75) is 13.5 Å². The molecular formula is C20H18Cl2N2O4S. The van der Waals surface area contributed by atoms with Crippen molar-refractivity contribution in [2.75, 3.05) is 19.5 Å². The van der Waals surface area contributed by atoms with Crippen LogP contribution in [0.4, 0.5) is 5.69 Å². The number of thiazole rings is 1. The number of nitrogens with zero attached hydrogens (tertiary/aromatic N) is 1. The number of nitrogens with one attached hydrogen (secondary N) is 1. The maximum atomic E-state index is 12.8. The van der Waals surface area contributed by atoms with Gasteiger partial charge in [-0.25, -0.2) is 4.98 Å². The Morgan fingerprint density at radius 1 is 1.10 bits per heavy atom. The molecule has 0 aliphatic carbocycles. The number of ether oxygens (including phenoxy) is 3. The Hall–Kier alpha value is -2.48. The normalized spacial score (nSPS) is 10.5. The van der Waals surface area contributed by atoms with Gasteiger partial charge in [0, 0.05) is 17.2 Å². The molecule has 6 nitrogen and oxygen atoms in total. The van der Waals surface area contributed by atoms with Crippen LogP contribution in [-0.2, 0) is 6.61 Å². The van der Waals surface area contributed by atoms with E-state index in [0.717, 1.165) is 0 Å². The van der Waals surface area contributed by atoms with E-state index in [2.05, 4.69) is 10.3 Å². The van der Waals surface area contributed by atoms with Gasteiger partial charge in [0.1, 0.15) is 33.7 Å². The molecule has 29 heavy (non-hydrogen) atoms. The van der Waals surface area contributed by atoms with E-state index in [1.807, 2.05) is 0 Å². The van der Waals surface area contributed by atoms with Gasteiger partial charge in [-0.2, -0.15) is 0 Å². The number of methoxy groups -OCH3 is 2. The summed E-state index contributed by atoms with van der Waals surface area (Å²) in [6, 6.07) is 10.2. The third-order valence-corrected chi connectivity index (χ3v) is 5.62. The third kappa shape index (κ3) is 5.12. The summed E-state index contributed by atoms with van der Waals surface area (Å²) >= 11 is 13.2. The molecule has 0 bridgehead atoms. The molecule has 2 aromatic carbocycles. The summed E-state index contributed by atoms with van der Waals surface area (Å²) in [5.41, 5.74) is 1.06. The number of amides is 1. The fraction of sp³-hybridized carbons (Fsp3) is 0.200. The van der Waals surface area contributed by atoms with Gasteiger partial charge in [-0.05, 0) is 31.2 Å². The van der Waals surface area contributed by atoms with Crippen molar-refractivity contribution in [2.24, 2.45) is 0 Å². The van der Waals surface area contributed by atoms with Crippen LogP contribution in [0, 0.1) is 6.92 Å². The molecule has 1 heterocycles. The zero-order chi connectivity index (χ0) is 21.0. The molecule has 152 valence electrons. The summed E-state index contributed by atoms with van der Waals surface area (Å²) in [7, 11) is 3.00. The van der Waals surface area contributed by atoms with E-state index in [1.54, 1.807) is 43.3 Å². The highest BCUT2D eigenvalue weighted by molar-refractivity contribution is 7.13. The van der Waals surface area contributed by atoms with E-state index in [9.17, 15) is 4.79 Å². The number of hydrogen-bond donors (Lipinski definition) is 1. The second kappa shape index (κ2) is 9.35. The predicted molar refractivity (Wildman–Crippen MR) is 115 cm³/mol. The molecule has 3 aromatic rings. The van der Waals surface area contributed by atoms with Gasteiger partial charge in [-0.15, -0.1) is 11.3 Å². The minimum Gasteiger partial charge on any atom is -0.495 e. The van der Waals surface area contributed by atoms with Crippen molar-refractivity contribution < 1.29 is 19.0 Å². The first-order valence-electron chi connectivity index (χ1n) is 8.48. The lowest BCUT2D eigenvalue weighted by atomic mass is 10.2. The van der Waals surface area contributed by atoms with Crippen molar-refractivity contribution in [3.05, 3.63) is 62.0 Å². The molecule has 0 atom stereocenters. The standard InChI is InChI=1S/C20H18Cl2N2O4S/c1-11-19(29-18(23-11)10-28-13-6-4-12(21)5-7-13)20(25)24-15-9-16(26-2)14(22)8-17(15)27-3/h4-9H,10H2,1-3H3,(H,24,25). The summed E-state index contributed by atoms with van der Waals surface area (Å²) < 4.78 is 16.2. The van der Waals surface area contributed by atoms with Gasteiger partial charge in [0.25, 0.3) is 5.91 Å². The number of aromatic nitrogens is 1. The maximum absolute atomic E-state index is 12.8. The second-order valence-corrected chi connectivity index (χ2v) is 7.83. The van der Waals surface area contributed by atoms with Crippen LogP contribution in [0.2, 0.25) is 10.0 Å². The lowest BCUT2D eigenvalue weighted by Gasteiger charge is -2.12. The van der Waals surface area contributed by atoms with Crippen LogP contribution in [0.15, 0.2) is 36.4 Å². The topological polar surface area (TPSA) is 69.7 Å². The van der Waals surface area contributed by atoms with Crippen molar-refractivity contribution in [3.8, 4) is 17.2 Å². The van der Waals surface area contributed by atoms with Crippen LogP contribution in [0.3, 0.4) is 0 Å². The van der Waals surface area contributed by atoms with Crippen LogP contribution in [0.1, 0.15) is 20.4 Å². The van der Waals surface area contributed by atoms with Gasteiger partial charge >= 0.3 is 0 Å². The fourth-order valence-electron chi connectivity index (χ4n) is 2.54. The highest BCUT2D eigenvalue weighted by Gasteiger charge is 2.19. The molecular weight excluding hydrogens is 435 g/mol. The van der Waals surface area contributed by atoms with Crippen molar-refractivity contribution in [1.29, 1.82) is 0 Å². The quantitative estimate of drug-likeness (QED) is 0.504. The molecule has 0 fully saturated rings. The molecule has 1 amide bonds. The monoisotopic (exact) mass is 452 g/mol. The van der Waals surface area contributed by atoms with Crippen LogP contribution in [-0.4, -0.2) is 25.1 Å². The number of halogens is 2. The summed E-state index contributed by atoms with van der Waals surface area (Å²) in [5, 5.41) is 4.53. The van der Waals surface area contributed by atoms with Crippen LogP contribution < -0.4 is 19.5 Å². The molecule has 0 spiro atoms. The summed E-state index contributed by atoms with van der Waals surface area (Å²) in [6.45, 7) is 2.02. The van der Waals surface area contributed by atoms with E-state index in [4.69, 9.17) is 37.4 Å². The van der Waals surface area contributed by atoms with Gasteiger partial charge in [0.15, 0.2) is 0 Å². The van der Waals surface area contributed by atoms with Crippen molar-refractivity contribution in [3.63, 3.8) is 0 Å². The Morgan fingerprint density at radius 2 is 1.79 bits per heavy atom. The number of benzene rings is 2. The smallest absolute Gasteiger partial charge is 0.267 e. The van der Waals surface area contributed by atoms with Gasteiger partial charge < -0.3 is 19.5 Å². The molecule has 0 aliphatic rings. The Balaban J connectivity index is 1.74. The van der Waals surface area contributed by atoms with Crippen molar-refractivity contribution >= 4 is 46.1 Å². The Labute approximate surface area is 182 Å². The average Bonchev–Trinajstić information content (AvgIpc) is 3.09. The number of rotatable bonds is 7. The van der Waals surface area contributed by atoms with Crippen LogP contribution in [0.25, 0.3) is 0 Å². The summed E-state index contributed by atoms with van der Waals surface area (Å²) in [6.07, 6.45) is 0. The Morgan fingerprint density at radius 3 is 2.45 bits per heavy atom.